The summed E-state index contributed by atoms with van der Waals surface area (Å²) in [6.07, 6.45) is -1.30. The molecule has 2 rings (SSSR count). The van der Waals surface area contributed by atoms with Gasteiger partial charge in [0.2, 0.25) is 0 Å². The molecule has 1 fully saturated rings. The van der Waals surface area contributed by atoms with E-state index < -0.39 is 19.1 Å². The number of aliphatic hydroxyl groups excluding tert-OH is 1. The zero-order valence-electron chi connectivity index (χ0n) is 12.1. The van der Waals surface area contributed by atoms with Gasteiger partial charge in [0.15, 0.2) is 0 Å². The molecule has 1 aliphatic rings. The third-order valence-corrected chi connectivity index (χ3v) is 3.61. The summed E-state index contributed by atoms with van der Waals surface area (Å²) >= 11 is 0. The van der Waals surface area contributed by atoms with Crippen molar-refractivity contribution >= 4 is 24.8 Å². The van der Waals surface area contributed by atoms with Crippen LogP contribution in [0.25, 0.3) is 0 Å². The standard InChI is InChI=1S/C13H19F2N3O2.2ClH/c1-8-12(20)10(9(7-19)6-17-8)11(13(14)15)18-4-2-16-3-5-18;;/h6,11,13,16,19-20H,2-5,7H2,1H3;2*1H/t11-;;/m0../s1. The van der Waals surface area contributed by atoms with Crippen molar-refractivity contribution in [3.05, 3.63) is 23.0 Å². The Kier molecular flexibility index (Phi) is 9.11. The second-order valence-electron chi connectivity index (χ2n) is 4.85. The summed E-state index contributed by atoms with van der Waals surface area (Å²) in [5.74, 6) is -0.250. The van der Waals surface area contributed by atoms with Crippen LogP contribution in [0.4, 0.5) is 8.78 Å². The molecule has 1 saturated heterocycles. The molecule has 0 aliphatic carbocycles. The average Bonchev–Trinajstić information content (AvgIpc) is 2.45. The first-order valence-electron chi connectivity index (χ1n) is 6.57. The highest BCUT2D eigenvalue weighted by Crippen LogP contribution is 2.37. The maximum absolute atomic E-state index is 13.5. The topological polar surface area (TPSA) is 68.6 Å². The van der Waals surface area contributed by atoms with Gasteiger partial charge < -0.3 is 15.5 Å². The molecule has 22 heavy (non-hydrogen) atoms. The predicted octanol–water partition coefficient (Wildman–Crippen LogP) is 1.64. The maximum atomic E-state index is 13.5. The number of hydrogen-bond donors (Lipinski definition) is 3. The zero-order chi connectivity index (χ0) is 14.7. The fraction of sp³-hybridized carbons (Fsp3) is 0.615. The number of rotatable bonds is 4. The zero-order valence-corrected chi connectivity index (χ0v) is 13.8. The summed E-state index contributed by atoms with van der Waals surface area (Å²) in [4.78, 5) is 5.55. The van der Waals surface area contributed by atoms with Gasteiger partial charge in [0.1, 0.15) is 11.8 Å². The van der Waals surface area contributed by atoms with Gasteiger partial charge in [-0.25, -0.2) is 8.78 Å². The van der Waals surface area contributed by atoms with Crippen LogP contribution in [0.3, 0.4) is 0 Å². The quantitative estimate of drug-likeness (QED) is 0.762. The molecule has 0 radical (unpaired) electrons. The van der Waals surface area contributed by atoms with Gasteiger partial charge in [0.25, 0.3) is 6.43 Å². The molecule has 1 aliphatic heterocycles. The van der Waals surface area contributed by atoms with Gasteiger partial charge in [-0.05, 0) is 6.92 Å². The first-order valence-corrected chi connectivity index (χ1v) is 6.57. The molecule has 0 aromatic carbocycles. The molecule has 2 heterocycles. The molecule has 5 nitrogen and oxygen atoms in total. The highest BCUT2D eigenvalue weighted by molar-refractivity contribution is 5.85. The molecule has 128 valence electrons. The minimum absolute atomic E-state index is 0. The number of pyridine rings is 1. The third kappa shape index (κ3) is 4.39. The molecule has 1 aromatic rings. The van der Waals surface area contributed by atoms with Gasteiger partial charge in [-0.3, -0.25) is 9.88 Å². The van der Waals surface area contributed by atoms with E-state index in [-0.39, 0.29) is 47.4 Å². The van der Waals surface area contributed by atoms with Crippen molar-refractivity contribution in [1.82, 2.24) is 15.2 Å². The number of aliphatic hydroxyl groups is 1. The van der Waals surface area contributed by atoms with Gasteiger partial charge in [0, 0.05) is 43.5 Å². The van der Waals surface area contributed by atoms with Crippen LogP contribution in [-0.4, -0.2) is 52.7 Å². The van der Waals surface area contributed by atoms with E-state index in [4.69, 9.17) is 0 Å². The molecule has 0 unspecified atom stereocenters. The summed E-state index contributed by atoms with van der Waals surface area (Å²) in [5.41, 5.74) is 0.631. The Bertz CT molecular complexity index is 475. The summed E-state index contributed by atoms with van der Waals surface area (Å²) in [7, 11) is 0. The van der Waals surface area contributed by atoms with E-state index in [1.165, 1.54) is 6.20 Å². The Balaban J connectivity index is 0.00000220. The van der Waals surface area contributed by atoms with Crippen LogP contribution in [-0.2, 0) is 6.61 Å². The van der Waals surface area contributed by atoms with Crippen molar-refractivity contribution in [3.8, 4) is 5.75 Å². The van der Waals surface area contributed by atoms with Crippen molar-refractivity contribution in [1.29, 1.82) is 0 Å². The third-order valence-electron chi connectivity index (χ3n) is 3.61. The Hall–Kier alpha value is -0.730. The highest BCUT2D eigenvalue weighted by atomic mass is 35.5. The Morgan fingerprint density at radius 3 is 2.41 bits per heavy atom. The molecule has 3 N–H and O–H groups in total. The van der Waals surface area contributed by atoms with E-state index in [9.17, 15) is 19.0 Å². The van der Waals surface area contributed by atoms with Gasteiger partial charge in [-0.1, -0.05) is 0 Å². The lowest BCUT2D eigenvalue weighted by Crippen LogP contribution is -2.47. The van der Waals surface area contributed by atoms with Crippen LogP contribution < -0.4 is 5.32 Å². The summed E-state index contributed by atoms with van der Waals surface area (Å²) in [5, 5.41) is 22.5. The van der Waals surface area contributed by atoms with Crippen molar-refractivity contribution in [2.24, 2.45) is 0 Å². The predicted molar refractivity (Wildman–Crippen MR) is 84.2 cm³/mol. The van der Waals surface area contributed by atoms with Crippen LogP contribution in [0.5, 0.6) is 5.75 Å². The number of aromatic hydroxyl groups is 1. The van der Waals surface area contributed by atoms with Gasteiger partial charge in [-0.2, -0.15) is 0 Å². The van der Waals surface area contributed by atoms with Crippen LogP contribution in [0.15, 0.2) is 6.20 Å². The second kappa shape index (κ2) is 9.42. The molecule has 9 heteroatoms. The summed E-state index contributed by atoms with van der Waals surface area (Å²) in [6.45, 7) is 3.33. The van der Waals surface area contributed by atoms with Crippen molar-refractivity contribution in [2.45, 2.75) is 26.0 Å². The molecule has 1 atom stereocenters. The smallest absolute Gasteiger partial charge is 0.258 e. The van der Waals surface area contributed by atoms with E-state index in [2.05, 4.69) is 10.3 Å². The number of halogens is 4. The first-order chi connectivity index (χ1) is 9.56. The number of nitrogens with one attached hydrogen (secondary N) is 1. The Morgan fingerprint density at radius 1 is 1.32 bits per heavy atom. The largest absolute Gasteiger partial charge is 0.506 e. The number of hydrogen-bond acceptors (Lipinski definition) is 5. The lowest BCUT2D eigenvalue weighted by molar-refractivity contribution is 0.0159. The Labute approximate surface area is 140 Å². The minimum Gasteiger partial charge on any atom is -0.506 e. The lowest BCUT2D eigenvalue weighted by Gasteiger charge is -2.35. The van der Waals surface area contributed by atoms with Gasteiger partial charge in [0.05, 0.1) is 12.3 Å². The fourth-order valence-corrected chi connectivity index (χ4v) is 2.54. The number of aryl methyl sites for hydroxylation is 1. The molecular weight excluding hydrogens is 339 g/mol. The highest BCUT2D eigenvalue weighted by Gasteiger charge is 2.34. The molecule has 1 aromatic heterocycles. The molecule has 0 saturated carbocycles. The van der Waals surface area contributed by atoms with E-state index in [1.807, 2.05) is 0 Å². The minimum atomic E-state index is -2.65. The van der Waals surface area contributed by atoms with Gasteiger partial charge in [-0.15, -0.1) is 24.8 Å². The average molecular weight is 360 g/mol. The second-order valence-corrected chi connectivity index (χ2v) is 4.85. The fourth-order valence-electron chi connectivity index (χ4n) is 2.54. The SMILES string of the molecule is Cc1ncc(CO)c([C@@H](C(F)F)N2CCNCC2)c1O.Cl.Cl. The molecular formula is C13H21Cl2F2N3O2. The number of piperazine rings is 1. The number of nitrogens with zero attached hydrogens (tertiary/aromatic N) is 2. The first kappa shape index (κ1) is 21.3. The van der Waals surface area contributed by atoms with E-state index in [0.717, 1.165) is 0 Å². The normalized spacial score (nSPS) is 16.8. The molecule has 0 amide bonds. The van der Waals surface area contributed by atoms with Crippen molar-refractivity contribution in [3.63, 3.8) is 0 Å². The maximum Gasteiger partial charge on any atom is 0.258 e. The van der Waals surface area contributed by atoms with Crippen molar-refractivity contribution < 1.29 is 19.0 Å². The summed E-state index contributed by atoms with van der Waals surface area (Å²) < 4.78 is 27.0. The lowest BCUT2D eigenvalue weighted by atomic mass is 9.98. The van der Waals surface area contributed by atoms with E-state index in [1.54, 1.807) is 11.8 Å². The number of aromatic nitrogens is 1. The van der Waals surface area contributed by atoms with Crippen LogP contribution in [0, 0.1) is 6.92 Å². The molecule has 0 spiro atoms. The van der Waals surface area contributed by atoms with Crippen molar-refractivity contribution in [2.75, 3.05) is 26.2 Å². The van der Waals surface area contributed by atoms with E-state index >= 15 is 0 Å². The number of alkyl halides is 2. The van der Waals surface area contributed by atoms with Crippen LogP contribution in [0.1, 0.15) is 22.9 Å². The molecule has 0 bridgehead atoms. The Morgan fingerprint density at radius 2 is 1.91 bits per heavy atom. The van der Waals surface area contributed by atoms with Crippen LogP contribution >= 0.6 is 24.8 Å². The summed E-state index contributed by atoms with van der Waals surface area (Å²) in [6, 6.07) is -1.22. The van der Waals surface area contributed by atoms with Crippen LogP contribution in [0.2, 0.25) is 0 Å². The van der Waals surface area contributed by atoms with E-state index in [0.29, 0.717) is 26.2 Å². The van der Waals surface area contributed by atoms with Gasteiger partial charge >= 0.3 is 0 Å². The monoisotopic (exact) mass is 359 g/mol.